The van der Waals surface area contributed by atoms with Crippen LogP contribution in [-0.4, -0.2) is 21.6 Å². The molecule has 0 aromatic carbocycles. The molecule has 0 radical (unpaired) electrons. The van der Waals surface area contributed by atoms with Gasteiger partial charge in [0.25, 0.3) is 11.8 Å². The second-order valence-corrected chi connectivity index (χ2v) is 3.49. The first-order valence-electron chi connectivity index (χ1n) is 5.02. The summed E-state index contributed by atoms with van der Waals surface area (Å²) in [6, 6.07) is 2.98. The molecule has 0 aliphatic heterocycles. The van der Waals surface area contributed by atoms with Crippen LogP contribution >= 0.6 is 0 Å². The van der Waals surface area contributed by atoms with Gasteiger partial charge in [-0.05, 0) is 12.1 Å². The van der Waals surface area contributed by atoms with Crippen molar-refractivity contribution in [2.45, 2.75) is 6.54 Å². The number of amides is 2. The van der Waals surface area contributed by atoms with Gasteiger partial charge in [-0.25, -0.2) is 5.84 Å². The molecule has 0 saturated heterocycles. The zero-order valence-corrected chi connectivity index (χ0v) is 9.29. The van der Waals surface area contributed by atoms with E-state index in [1.165, 1.54) is 23.1 Å². The third-order valence-electron chi connectivity index (χ3n) is 2.32. The number of rotatable bonds is 4. The standard InChI is InChI=1S/C10H11N5O3/c11-9(16)7-1-3-15(14-7)5-8-6(2-4-18-8)10(17)13-12/h1-4H,5,12H2,(H2,11,16)(H,13,17). The second-order valence-electron chi connectivity index (χ2n) is 3.49. The van der Waals surface area contributed by atoms with Crippen LogP contribution in [0.5, 0.6) is 0 Å². The number of nitrogens with two attached hydrogens (primary N) is 2. The molecule has 2 amide bonds. The van der Waals surface area contributed by atoms with Gasteiger partial charge in [0, 0.05) is 6.20 Å². The lowest BCUT2D eigenvalue weighted by Gasteiger charge is -2.01. The fourth-order valence-corrected chi connectivity index (χ4v) is 1.47. The molecule has 18 heavy (non-hydrogen) atoms. The average molecular weight is 249 g/mol. The number of aromatic nitrogens is 2. The Morgan fingerprint density at radius 1 is 1.44 bits per heavy atom. The first-order valence-corrected chi connectivity index (χ1v) is 5.02. The third-order valence-corrected chi connectivity index (χ3v) is 2.32. The summed E-state index contributed by atoms with van der Waals surface area (Å²) in [6.45, 7) is 0.197. The Kier molecular flexibility index (Phi) is 3.11. The minimum absolute atomic E-state index is 0.145. The van der Waals surface area contributed by atoms with Crippen LogP contribution in [0.15, 0.2) is 29.0 Å². The minimum Gasteiger partial charge on any atom is -0.467 e. The predicted octanol–water partition coefficient (Wildman–Crippen LogP) is -0.773. The molecule has 2 heterocycles. The topological polar surface area (TPSA) is 129 Å². The third kappa shape index (κ3) is 2.23. The molecule has 8 heteroatoms. The molecule has 0 bridgehead atoms. The molecular formula is C10H11N5O3. The molecule has 0 aliphatic carbocycles. The first-order chi connectivity index (χ1) is 8.61. The Morgan fingerprint density at radius 3 is 2.83 bits per heavy atom. The minimum atomic E-state index is -0.617. The number of hydrazine groups is 1. The van der Waals surface area contributed by atoms with Crippen molar-refractivity contribution in [3.05, 3.63) is 41.6 Å². The van der Waals surface area contributed by atoms with Crippen LogP contribution in [0.2, 0.25) is 0 Å². The van der Waals surface area contributed by atoms with Gasteiger partial charge in [-0.15, -0.1) is 0 Å². The monoisotopic (exact) mass is 249 g/mol. The largest absolute Gasteiger partial charge is 0.467 e. The van der Waals surface area contributed by atoms with Crippen molar-refractivity contribution < 1.29 is 14.0 Å². The summed E-state index contributed by atoms with van der Waals surface area (Å²) >= 11 is 0. The normalized spacial score (nSPS) is 10.3. The number of hydrogen-bond acceptors (Lipinski definition) is 5. The number of nitrogen functional groups attached to an aromatic ring is 1. The van der Waals surface area contributed by atoms with Gasteiger partial charge in [0.05, 0.1) is 18.4 Å². The van der Waals surface area contributed by atoms with E-state index >= 15 is 0 Å². The quantitative estimate of drug-likeness (QED) is 0.372. The molecule has 2 rings (SSSR count). The maximum Gasteiger partial charge on any atom is 0.269 e. The summed E-state index contributed by atoms with van der Waals surface area (Å²) in [6.07, 6.45) is 2.94. The van der Waals surface area contributed by atoms with Crippen molar-refractivity contribution >= 4 is 11.8 Å². The molecule has 0 aliphatic rings. The highest BCUT2D eigenvalue weighted by atomic mass is 16.3. The van der Waals surface area contributed by atoms with Crippen LogP contribution < -0.4 is 17.0 Å². The van der Waals surface area contributed by atoms with E-state index in [4.69, 9.17) is 16.0 Å². The van der Waals surface area contributed by atoms with Crippen LogP contribution in [-0.2, 0) is 6.54 Å². The van der Waals surface area contributed by atoms with Crippen LogP contribution in [0.4, 0.5) is 0 Å². The van der Waals surface area contributed by atoms with Crippen LogP contribution in [0, 0.1) is 0 Å². The van der Waals surface area contributed by atoms with Crippen molar-refractivity contribution in [3.8, 4) is 0 Å². The van der Waals surface area contributed by atoms with Crippen molar-refractivity contribution in [2.24, 2.45) is 11.6 Å². The van der Waals surface area contributed by atoms with E-state index < -0.39 is 11.8 Å². The number of carbonyl (C=O) groups is 2. The maximum absolute atomic E-state index is 11.4. The summed E-state index contributed by atoms with van der Waals surface area (Å²) in [5, 5.41) is 3.93. The molecule has 0 unspecified atom stereocenters. The summed E-state index contributed by atoms with van der Waals surface area (Å²) in [4.78, 5) is 22.3. The smallest absolute Gasteiger partial charge is 0.269 e. The lowest BCUT2D eigenvalue weighted by atomic mass is 10.2. The molecule has 2 aromatic heterocycles. The molecule has 0 atom stereocenters. The van der Waals surface area contributed by atoms with E-state index in [1.807, 2.05) is 5.43 Å². The van der Waals surface area contributed by atoms with Crippen LogP contribution in [0.25, 0.3) is 0 Å². The highest BCUT2D eigenvalue weighted by molar-refractivity contribution is 5.94. The molecule has 2 aromatic rings. The Morgan fingerprint density at radius 2 is 2.22 bits per heavy atom. The Hall–Kier alpha value is -2.61. The van der Waals surface area contributed by atoms with Crippen molar-refractivity contribution in [3.63, 3.8) is 0 Å². The van der Waals surface area contributed by atoms with E-state index in [-0.39, 0.29) is 12.2 Å². The van der Waals surface area contributed by atoms with E-state index in [0.717, 1.165) is 0 Å². The van der Waals surface area contributed by atoms with E-state index in [1.54, 1.807) is 6.20 Å². The van der Waals surface area contributed by atoms with Gasteiger partial charge in [0.1, 0.15) is 11.5 Å². The van der Waals surface area contributed by atoms with E-state index in [0.29, 0.717) is 11.3 Å². The molecule has 0 fully saturated rings. The summed E-state index contributed by atoms with van der Waals surface area (Å²) in [7, 11) is 0. The second kappa shape index (κ2) is 4.72. The molecule has 0 saturated carbocycles. The highest BCUT2D eigenvalue weighted by Crippen LogP contribution is 2.12. The van der Waals surface area contributed by atoms with Crippen LogP contribution in [0.1, 0.15) is 26.6 Å². The Balaban J connectivity index is 2.20. The lowest BCUT2D eigenvalue weighted by Crippen LogP contribution is -2.30. The van der Waals surface area contributed by atoms with Gasteiger partial charge in [-0.3, -0.25) is 19.7 Å². The Bertz CT molecular complexity index is 586. The van der Waals surface area contributed by atoms with Crippen molar-refractivity contribution in [1.29, 1.82) is 0 Å². The number of hydrogen-bond donors (Lipinski definition) is 3. The molecule has 8 nitrogen and oxygen atoms in total. The highest BCUT2D eigenvalue weighted by Gasteiger charge is 2.14. The van der Waals surface area contributed by atoms with Crippen molar-refractivity contribution in [2.75, 3.05) is 0 Å². The maximum atomic E-state index is 11.4. The zero-order chi connectivity index (χ0) is 13.1. The Labute approximate surface area is 102 Å². The number of furan rings is 1. The summed E-state index contributed by atoms with van der Waals surface area (Å²) in [5.74, 6) is 4.36. The number of nitrogens with one attached hydrogen (secondary N) is 1. The number of nitrogens with zero attached hydrogens (tertiary/aromatic N) is 2. The summed E-state index contributed by atoms with van der Waals surface area (Å²) < 4.78 is 6.60. The molecule has 0 spiro atoms. The first kappa shape index (κ1) is 11.9. The van der Waals surface area contributed by atoms with Gasteiger partial charge >= 0.3 is 0 Å². The molecular weight excluding hydrogens is 238 g/mol. The van der Waals surface area contributed by atoms with Gasteiger partial charge in [0.2, 0.25) is 0 Å². The summed E-state index contributed by atoms with van der Waals surface area (Å²) in [5.41, 5.74) is 7.55. The molecule has 94 valence electrons. The van der Waals surface area contributed by atoms with Gasteiger partial charge in [-0.2, -0.15) is 5.10 Å². The van der Waals surface area contributed by atoms with Gasteiger partial charge in [0.15, 0.2) is 0 Å². The fraction of sp³-hybridized carbons (Fsp3) is 0.100. The molecule has 5 N–H and O–H groups in total. The predicted molar refractivity (Wildman–Crippen MR) is 60.2 cm³/mol. The number of carbonyl (C=O) groups excluding carboxylic acids is 2. The lowest BCUT2D eigenvalue weighted by molar-refractivity contribution is 0.0949. The van der Waals surface area contributed by atoms with Gasteiger partial charge in [-0.1, -0.05) is 0 Å². The zero-order valence-electron chi connectivity index (χ0n) is 9.29. The van der Waals surface area contributed by atoms with Crippen molar-refractivity contribution in [1.82, 2.24) is 15.2 Å². The fourth-order valence-electron chi connectivity index (χ4n) is 1.47. The van der Waals surface area contributed by atoms with E-state index in [9.17, 15) is 9.59 Å². The van der Waals surface area contributed by atoms with E-state index in [2.05, 4.69) is 5.10 Å². The van der Waals surface area contributed by atoms with Gasteiger partial charge < -0.3 is 10.2 Å². The number of primary amides is 1. The van der Waals surface area contributed by atoms with Crippen LogP contribution in [0.3, 0.4) is 0 Å². The average Bonchev–Trinajstić information content (AvgIpc) is 2.97. The SMILES string of the molecule is NNC(=O)c1ccoc1Cn1ccc(C(N)=O)n1.